The molecule has 1 fully saturated rings. The third-order valence-electron chi connectivity index (χ3n) is 5.85. The maximum Gasteiger partial charge on any atom is 0.410 e. The highest BCUT2D eigenvalue weighted by molar-refractivity contribution is 6.35. The van der Waals surface area contributed by atoms with Gasteiger partial charge in [0.2, 0.25) is 0 Å². The van der Waals surface area contributed by atoms with Crippen LogP contribution in [0.25, 0.3) is 0 Å². The molecule has 1 saturated heterocycles. The maximum absolute atomic E-state index is 14.9. The van der Waals surface area contributed by atoms with Crippen LogP contribution in [0.3, 0.4) is 0 Å². The number of halogens is 1. The van der Waals surface area contributed by atoms with E-state index in [1.807, 2.05) is 20.8 Å². The molecular weight excluding hydrogens is 425 g/mol. The van der Waals surface area contributed by atoms with E-state index >= 15 is 0 Å². The summed E-state index contributed by atoms with van der Waals surface area (Å²) in [6.07, 6.45) is 1.22. The Balaban J connectivity index is 1.43. The Labute approximate surface area is 192 Å². The Morgan fingerprint density at radius 3 is 2.21 bits per heavy atom. The Kier molecular flexibility index (Phi) is 6.10. The molecule has 0 unspecified atom stereocenters. The molecule has 0 aliphatic carbocycles. The molecule has 33 heavy (non-hydrogen) atoms. The summed E-state index contributed by atoms with van der Waals surface area (Å²) in [6, 6.07) is 10.9. The molecule has 2 heterocycles. The predicted octanol–water partition coefficient (Wildman–Crippen LogP) is 4.69. The topological polar surface area (TPSA) is 79.0 Å². The van der Waals surface area contributed by atoms with Gasteiger partial charge in [-0.2, -0.15) is 0 Å². The Hall–Kier alpha value is -3.42. The number of rotatable bonds is 4. The summed E-state index contributed by atoms with van der Waals surface area (Å²) in [7, 11) is 0. The van der Waals surface area contributed by atoms with Gasteiger partial charge in [0.05, 0.1) is 16.8 Å². The molecule has 0 aromatic heterocycles. The molecule has 2 aromatic carbocycles. The molecule has 7 nitrogen and oxygen atoms in total. The van der Waals surface area contributed by atoms with Gasteiger partial charge in [0.15, 0.2) is 0 Å². The van der Waals surface area contributed by atoms with E-state index in [4.69, 9.17) is 4.74 Å². The highest BCUT2D eigenvalue weighted by Crippen LogP contribution is 2.36. The van der Waals surface area contributed by atoms with Crippen molar-refractivity contribution in [1.29, 1.82) is 0 Å². The number of likely N-dealkylation sites (tertiary alicyclic amines) is 1. The number of fused-ring (bicyclic) bond motifs is 1. The van der Waals surface area contributed by atoms with E-state index in [0.717, 1.165) is 17.7 Å². The molecular formula is C25H28FN3O4. The van der Waals surface area contributed by atoms with Crippen LogP contribution in [0.15, 0.2) is 42.5 Å². The van der Waals surface area contributed by atoms with Crippen LogP contribution >= 0.6 is 0 Å². The minimum absolute atomic E-state index is 0.0603. The van der Waals surface area contributed by atoms with Crippen LogP contribution in [0.5, 0.6) is 0 Å². The number of ether oxygens (including phenoxy) is 1. The Morgan fingerprint density at radius 2 is 1.64 bits per heavy atom. The first-order valence-corrected chi connectivity index (χ1v) is 11.1. The second-order valence-electron chi connectivity index (χ2n) is 9.42. The summed E-state index contributed by atoms with van der Waals surface area (Å²) in [5.41, 5.74) is 0.333. The Bertz CT molecular complexity index is 1050. The van der Waals surface area contributed by atoms with E-state index in [2.05, 4.69) is 5.32 Å². The predicted molar refractivity (Wildman–Crippen MR) is 123 cm³/mol. The number of imide groups is 1. The summed E-state index contributed by atoms with van der Waals surface area (Å²) < 4.78 is 20.3. The molecule has 0 spiro atoms. The first kappa shape index (κ1) is 22.8. The van der Waals surface area contributed by atoms with Gasteiger partial charge in [-0.25, -0.2) is 14.1 Å². The highest BCUT2D eigenvalue weighted by atomic mass is 19.1. The second kappa shape index (κ2) is 8.84. The lowest BCUT2D eigenvalue weighted by atomic mass is 9.97. The molecule has 0 saturated carbocycles. The van der Waals surface area contributed by atoms with Crippen molar-refractivity contribution in [3.8, 4) is 0 Å². The third kappa shape index (κ3) is 4.69. The lowest BCUT2D eigenvalue weighted by Gasteiger charge is -2.33. The van der Waals surface area contributed by atoms with Gasteiger partial charge in [0.1, 0.15) is 17.1 Å². The highest BCUT2D eigenvalue weighted by Gasteiger charge is 2.39. The zero-order valence-corrected chi connectivity index (χ0v) is 19.1. The van der Waals surface area contributed by atoms with Gasteiger partial charge in [0, 0.05) is 19.6 Å². The van der Waals surface area contributed by atoms with Crippen molar-refractivity contribution >= 4 is 29.3 Å². The van der Waals surface area contributed by atoms with Gasteiger partial charge in [-0.15, -0.1) is 0 Å². The largest absolute Gasteiger partial charge is 0.444 e. The fraction of sp³-hybridized carbons (Fsp3) is 0.400. The first-order chi connectivity index (χ1) is 15.7. The molecule has 0 atom stereocenters. The van der Waals surface area contributed by atoms with Crippen LogP contribution in [0.1, 0.15) is 54.3 Å². The average molecular weight is 454 g/mol. The minimum atomic E-state index is -0.644. The smallest absolute Gasteiger partial charge is 0.410 e. The van der Waals surface area contributed by atoms with Crippen LogP contribution in [-0.4, -0.2) is 48.0 Å². The zero-order valence-electron chi connectivity index (χ0n) is 19.1. The monoisotopic (exact) mass is 453 g/mol. The van der Waals surface area contributed by atoms with Crippen molar-refractivity contribution in [3.05, 3.63) is 59.4 Å². The van der Waals surface area contributed by atoms with E-state index in [0.29, 0.717) is 25.3 Å². The van der Waals surface area contributed by atoms with Gasteiger partial charge < -0.3 is 15.0 Å². The van der Waals surface area contributed by atoms with Crippen LogP contribution in [-0.2, 0) is 4.74 Å². The van der Waals surface area contributed by atoms with E-state index in [-0.39, 0.29) is 28.8 Å². The van der Waals surface area contributed by atoms with Crippen molar-refractivity contribution in [2.24, 2.45) is 5.92 Å². The van der Waals surface area contributed by atoms with Gasteiger partial charge in [-0.05, 0) is 63.8 Å². The second-order valence-corrected chi connectivity index (χ2v) is 9.42. The third-order valence-corrected chi connectivity index (χ3v) is 5.85. The fourth-order valence-electron chi connectivity index (χ4n) is 4.18. The lowest BCUT2D eigenvalue weighted by molar-refractivity contribution is 0.0188. The van der Waals surface area contributed by atoms with Crippen molar-refractivity contribution in [1.82, 2.24) is 4.90 Å². The van der Waals surface area contributed by atoms with Gasteiger partial charge in [-0.1, -0.05) is 18.2 Å². The van der Waals surface area contributed by atoms with Crippen LogP contribution in [0.2, 0.25) is 0 Å². The Morgan fingerprint density at radius 1 is 1.03 bits per heavy atom. The molecule has 2 aromatic rings. The molecule has 8 heteroatoms. The number of hydrogen-bond donors (Lipinski definition) is 1. The van der Waals surface area contributed by atoms with Crippen molar-refractivity contribution < 1.29 is 23.5 Å². The standard InChI is InChI=1S/C25H28FN3O4/c1-25(2,3)33-24(32)28-13-11-16(12-14-28)15-27-20-10-6-9-19(26)21(20)29-22(30)17-7-4-5-8-18(17)23(29)31/h4-10,16,27H,11-15H2,1-3H3. The fourth-order valence-corrected chi connectivity index (χ4v) is 4.18. The number of para-hydroxylation sites is 1. The number of hydrogen-bond acceptors (Lipinski definition) is 5. The normalized spacial score (nSPS) is 16.7. The molecule has 0 radical (unpaired) electrons. The SMILES string of the molecule is CC(C)(C)OC(=O)N1CCC(CNc2cccc(F)c2N2C(=O)c3ccccc3C2=O)CC1. The molecule has 0 bridgehead atoms. The number of carbonyl (C=O) groups is 3. The molecule has 2 aliphatic rings. The van der Waals surface area contributed by atoms with Crippen molar-refractivity contribution in [2.45, 2.75) is 39.2 Å². The zero-order chi connectivity index (χ0) is 23.8. The summed E-state index contributed by atoms with van der Waals surface area (Å²) >= 11 is 0. The number of amides is 3. The number of nitrogens with one attached hydrogen (secondary N) is 1. The maximum atomic E-state index is 14.9. The molecule has 4 rings (SSSR count). The summed E-state index contributed by atoms with van der Waals surface area (Å²) in [4.78, 5) is 40.6. The van der Waals surface area contributed by atoms with Crippen LogP contribution < -0.4 is 10.2 Å². The quantitative estimate of drug-likeness (QED) is 0.680. The van der Waals surface area contributed by atoms with Crippen molar-refractivity contribution in [3.63, 3.8) is 0 Å². The molecule has 3 amide bonds. The number of piperidine rings is 1. The summed E-state index contributed by atoms with van der Waals surface area (Å²) in [6.45, 7) is 7.21. The van der Waals surface area contributed by atoms with E-state index in [1.165, 1.54) is 6.07 Å². The molecule has 1 N–H and O–H groups in total. The number of anilines is 2. The van der Waals surface area contributed by atoms with E-state index in [1.54, 1.807) is 41.3 Å². The van der Waals surface area contributed by atoms with Gasteiger partial charge in [-0.3, -0.25) is 9.59 Å². The summed E-state index contributed by atoms with van der Waals surface area (Å²) in [5, 5.41) is 3.23. The number of nitrogens with zero attached hydrogens (tertiary/aromatic N) is 2. The minimum Gasteiger partial charge on any atom is -0.444 e. The van der Waals surface area contributed by atoms with Crippen molar-refractivity contribution in [2.75, 3.05) is 29.9 Å². The number of carbonyl (C=O) groups excluding carboxylic acids is 3. The van der Waals surface area contributed by atoms with E-state index in [9.17, 15) is 18.8 Å². The van der Waals surface area contributed by atoms with E-state index < -0.39 is 23.2 Å². The van der Waals surface area contributed by atoms with Crippen LogP contribution in [0.4, 0.5) is 20.6 Å². The lowest BCUT2D eigenvalue weighted by Crippen LogP contribution is -2.42. The summed E-state index contributed by atoms with van der Waals surface area (Å²) in [5.74, 6) is -1.46. The first-order valence-electron chi connectivity index (χ1n) is 11.1. The average Bonchev–Trinajstić information content (AvgIpc) is 3.02. The number of benzene rings is 2. The van der Waals surface area contributed by atoms with Gasteiger partial charge in [0.25, 0.3) is 11.8 Å². The molecule has 2 aliphatic heterocycles. The van der Waals surface area contributed by atoms with Crippen LogP contribution in [0, 0.1) is 11.7 Å². The van der Waals surface area contributed by atoms with Gasteiger partial charge >= 0.3 is 6.09 Å². The molecule has 174 valence electrons.